The molecule has 0 heterocycles. The molecule has 62 heavy (non-hydrogen) atoms. The van der Waals surface area contributed by atoms with E-state index in [-0.39, 0.29) is 71.0 Å². The molecule has 2 N–H and O–H groups in total. The van der Waals surface area contributed by atoms with Crippen LogP contribution >= 0.6 is 0 Å². The van der Waals surface area contributed by atoms with Crippen molar-refractivity contribution < 1.29 is 28.6 Å². The van der Waals surface area contributed by atoms with Crippen LogP contribution in [0.1, 0.15) is 214 Å². The highest BCUT2D eigenvalue weighted by atomic mass is 16.5. The molecule has 4 saturated carbocycles. The number of anilines is 2. The molecule has 4 fully saturated rings. The summed E-state index contributed by atoms with van der Waals surface area (Å²) in [7, 11) is 1.59. The number of hydrogen-bond donors (Lipinski definition) is 2. The molecule has 0 aromatic heterocycles. The molecule has 0 spiro atoms. The van der Waals surface area contributed by atoms with E-state index in [4.69, 9.17) is 14.2 Å². The third-order valence-corrected chi connectivity index (χ3v) is 15.6. The Balaban J connectivity index is 1.40. The number of carbonyl (C=O) groups is 3. The molecule has 4 bridgehead atoms. The summed E-state index contributed by atoms with van der Waals surface area (Å²) in [5, 5.41) is 5.68. The average molecular weight is 869 g/mol. The SMILES string of the molecule is CCCCCC(CCCCC)CCOC(=O)CCC12CC3CC(CCC(=O)OCCNc4c(NC)c(=O)c4=O)(C1)CC(C(C)C(=O)OCCC(CCCCC)CCCCC)(C3)C2. The molecule has 4 aliphatic carbocycles. The van der Waals surface area contributed by atoms with E-state index in [2.05, 4.69) is 45.3 Å². The summed E-state index contributed by atoms with van der Waals surface area (Å²) in [5.74, 6) is 0.913. The number of ether oxygens (including phenoxy) is 3. The fourth-order valence-electron chi connectivity index (χ4n) is 12.6. The normalized spacial score (nSPS) is 23.3. The van der Waals surface area contributed by atoms with Crippen molar-refractivity contribution in [2.24, 2.45) is 39.9 Å². The maximum Gasteiger partial charge on any atom is 0.309 e. The quantitative estimate of drug-likeness (QED) is 0.0293. The van der Waals surface area contributed by atoms with E-state index in [1.54, 1.807) is 7.05 Å². The summed E-state index contributed by atoms with van der Waals surface area (Å²) in [6, 6.07) is 0. The molecule has 0 saturated heterocycles. The Hall–Kier alpha value is -2.91. The second-order valence-electron chi connectivity index (χ2n) is 20.6. The minimum atomic E-state index is -0.560. The molecule has 0 radical (unpaired) electrons. The van der Waals surface area contributed by atoms with Crippen molar-refractivity contribution >= 4 is 29.3 Å². The number of hydrogen-bond acceptors (Lipinski definition) is 10. The highest BCUT2D eigenvalue weighted by molar-refractivity contribution is 5.74. The molecule has 10 heteroatoms. The van der Waals surface area contributed by atoms with Crippen molar-refractivity contribution in [3.05, 3.63) is 20.4 Å². The van der Waals surface area contributed by atoms with Crippen LogP contribution in [-0.2, 0) is 28.6 Å². The van der Waals surface area contributed by atoms with Crippen LogP contribution < -0.4 is 21.5 Å². The van der Waals surface area contributed by atoms with Crippen LogP contribution in [0.3, 0.4) is 0 Å². The number of rotatable bonds is 35. The highest BCUT2D eigenvalue weighted by Gasteiger charge is 2.65. The number of esters is 3. The van der Waals surface area contributed by atoms with Gasteiger partial charge in [-0.15, -0.1) is 0 Å². The molecule has 4 aliphatic rings. The first-order valence-corrected chi connectivity index (χ1v) is 25.6. The van der Waals surface area contributed by atoms with Gasteiger partial charge in [-0.1, -0.05) is 137 Å². The van der Waals surface area contributed by atoms with E-state index in [9.17, 15) is 24.0 Å². The van der Waals surface area contributed by atoms with Crippen LogP contribution in [-0.4, -0.2) is 51.3 Å². The topological polar surface area (TPSA) is 137 Å². The zero-order chi connectivity index (χ0) is 45.0. The van der Waals surface area contributed by atoms with Crippen molar-refractivity contribution in [2.75, 3.05) is 44.0 Å². The second-order valence-corrected chi connectivity index (χ2v) is 20.6. The molecule has 0 aliphatic heterocycles. The smallest absolute Gasteiger partial charge is 0.309 e. The summed E-state index contributed by atoms with van der Waals surface area (Å²) in [5.41, 5.74) is -1.03. The van der Waals surface area contributed by atoms with Gasteiger partial charge in [-0.3, -0.25) is 24.0 Å². The summed E-state index contributed by atoms with van der Waals surface area (Å²) in [6.07, 6.45) is 29.5. The Kier molecular flexibility index (Phi) is 21.8. The molecule has 1 aromatic carbocycles. The minimum Gasteiger partial charge on any atom is -0.466 e. The fourth-order valence-corrected chi connectivity index (χ4v) is 12.6. The fraction of sp³-hybridized carbons (Fsp3) is 0.865. The number of carbonyl (C=O) groups excluding carboxylic acids is 3. The monoisotopic (exact) mass is 869 g/mol. The predicted octanol–water partition coefficient (Wildman–Crippen LogP) is 11.9. The van der Waals surface area contributed by atoms with E-state index in [0.29, 0.717) is 43.8 Å². The Morgan fingerprint density at radius 3 is 1.52 bits per heavy atom. The molecule has 10 nitrogen and oxygen atoms in total. The number of unbranched alkanes of at least 4 members (excludes halogenated alkanes) is 8. The standard InChI is InChI=1S/C52H88N2O8/c1-7-11-15-19-40(20-16-12-8-2)25-30-60-43(55)23-27-50-33-42-34-51(36-50,28-24-44(56)61-32-29-54-46-45(53-6)47(57)48(46)58)38-52(35-42,37-50)39(5)49(59)62-31-26-41(21-17-13-9-3)22-18-14-10-4/h39-42,53-54H,7-38H2,1-6H3. The maximum absolute atomic E-state index is 14.1. The van der Waals surface area contributed by atoms with Gasteiger partial charge in [0.05, 0.1) is 19.1 Å². The Morgan fingerprint density at radius 2 is 1.05 bits per heavy atom. The molecule has 5 atom stereocenters. The van der Waals surface area contributed by atoms with Crippen LogP contribution in [0.4, 0.5) is 11.4 Å². The van der Waals surface area contributed by atoms with Crippen LogP contribution in [0.5, 0.6) is 0 Å². The van der Waals surface area contributed by atoms with Gasteiger partial charge < -0.3 is 24.8 Å². The van der Waals surface area contributed by atoms with Gasteiger partial charge >= 0.3 is 17.9 Å². The zero-order valence-electron chi connectivity index (χ0n) is 40.2. The van der Waals surface area contributed by atoms with Gasteiger partial charge in [0, 0.05) is 26.4 Å². The third-order valence-electron chi connectivity index (χ3n) is 15.6. The Bertz CT molecular complexity index is 1570. The highest BCUT2D eigenvalue weighted by Crippen LogP contribution is 2.73. The van der Waals surface area contributed by atoms with Crippen LogP contribution in [0.25, 0.3) is 0 Å². The van der Waals surface area contributed by atoms with Gasteiger partial charge in [0.25, 0.3) is 10.9 Å². The largest absolute Gasteiger partial charge is 0.466 e. The molecule has 354 valence electrons. The first-order valence-electron chi connectivity index (χ1n) is 25.6. The minimum absolute atomic E-state index is 0.0833. The number of nitrogens with one attached hydrogen (secondary N) is 2. The third kappa shape index (κ3) is 15.1. The predicted molar refractivity (Wildman–Crippen MR) is 251 cm³/mol. The Labute approximate surface area is 375 Å². The molecular formula is C52H88N2O8. The van der Waals surface area contributed by atoms with Gasteiger partial charge in [0.15, 0.2) is 0 Å². The van der Waals surface area contributed by atoms with E-state index in [0.717, 1.165) is 57.8 Å². The average Bonchev–Trinajstić information content (AvgIpc) is 3.25. The van der Waals surface area contributed by atoms with Crippen molar-refractivity contribution in [3.8, 4) is 0 Å². The van der Waals surface area contributed by atoms with Gasteiger partial charge in [0.2, 0.25) is 0 Å². The molecule has 5 unspecified atom stereocenters. The zero-order valence-corrected chi connectivity index (χ0v) is 40.2. The van der Waals surface area contributed by atoms with Crippen molar-refractivity contribution in [1.29, 1.82) is 0 Å². The van der Waals surface area contributed by atoms with Crippen molar-refractivity contribution in [3.63, 3.8) is 0 Å². The molecule has 5 rings (SSSR count). The van der Waals surface area contributed by atoms with E-state index >= 15 is 0 Å². The first kappa shape index (κ1) is 51.7. The van der Waals surface area contributed by atoms with Crippen molar-refractivity contribution in [1.82, 2.24) is 0 Å². The van der Waals surface area contributed by atoms with E-state index in [1.807, 2.05) is 0 Å². The molecular weight excluding hydrogens is 781 g/mol. The van der Waals surface area contributed by atoms with Gasteiger partial charge in [0.1, 0.15) is 18.0 Å². The van der Waals surface area contributed by atoms with Crippen LogP contribution in [0.2, 0.25) is 0 Å². The van der Waals surface area contributed by atoms with E-state index < -0.39 is 10.9 Å². The summed E-state index contributed by atoms with van der Waals surface area (Å²) >= 11 is 0. The van der Waals surface area contributed by atoms with Gasteiger partial charge in [-0.2, -0.15) is 0 Å². The lowest BCUT2D eigenvalue weighted by Crippen LogP contribution is -2.59. The lowest BCUT2D eigenvalue weighted by Gasteiger charge is -2.68. The summed E-state index contributed by atoms with van der Waals surface area (Å²) in [4.78, 5) is 64.5. The lowest BCUT2D eigenvalue weighted by atomic mass is 9.36. The summed E-state index contributed by atoms with van der Waals surface area (Å²) in [6.45, 7) is 12.4. The van der Waals surface area contributed by atoms with Crippen LogP contribution in [0, 0.1) is 39.9 Å². The maximum atomic E-state index is 14.1. The van der Waals surface area contributed by atoms with Gasteiger partial charge in [-0.05, 0) is 98.2 Å². The second kappa shape index (κ2) is 26.1. The lowest BCUT2D eigenvalue weighted by molar-refractivity contribution is -0.197. The first-order chi connectivity index (χ1) is 29.9. The molecule has 1 aromatic rings. The summed E-state index contributed by atoms with van der Waals surface area (Å²) < 4.78 is 17.8. The molecule has 0 amide bonds. The van der Waals surface area contributed by atoms with Gasteiger partial charge in [-0.25, -0.2) is 0 Å². The Morgan fingerprint density at radius 1 is 0.597 bits per heavy atom. The van der Waals surface area contributed by atoms with Crippen molar-refractivity contribution in [2.45, 2.75) is 214 Å². The van der Waals surface area contributed by atoms with E-state index in [1.165, 1.54) is 103 Å². The van der Waals surface area contributed by atoms with Crippen LogP contribution in [0.15, 0.2) is 9.59 Å².